The zero-order valence-electron chi connectivity index (χ0n) is 11.6. The van der Waals surface area contributed by atoms with Gasteiger partial charge in [-0.1, -0.05) is 18.2 Å². The predicted octanol–water partition coefficient (Wildman–Crippen LogP) is 3.65. The quantitative estimate of drug-likeness (QED) is 0.895. The van der Waals surface area contributed by atoms with Crippen LogP contribution in [-0.2, 0) is 0 Å². The van der Waals surface area contributed by atoms with E-state index in [-0.39, 0.29) is 0 Å². The molecule has 1 unspecified atom stereocenters. The Morgan fingerprint density at radius 3 is 2.84 bits per heavy atom. The SMILES string of the molecule is CC(NCCN1CCCC1)c1cc2ccccc2s1. The highest BCUT2D eigenvalue weighted by Crippen LogP contribution is 2.29. The number of likely N-dealkylation sites (tertiary alicyclic amines) is 1. The predicted molar refractivity (Wildman–Crippen MR) is 83.9 cm³/mol. The first-order valence-corrected chi connectivity index (χ1v) is 8.09. The lowest BCUT2D eigenvalue weighted by Gasteiger charge is -2.17. The molecular formula is C16H22N2S. The minimum atomic E-state index is 0.458. The highest BCUT2D eigenvalue weighted by molar-refractivity contribution is 7.19. The van der Waals surface area contributed by atoms with E-state index in [0.717, 1.165) is 6.54 Å². The molecule has 1 aliphatic heterocycles. The van der Waals surface area contributed by atoms with Gasteiger partial charge in [-0.2, -0.15) is 0 Å². The van der Waals surface area contributed by atoms with Crippen LogP contribution in [0.4, 0.5) is 0 Å². The molecule has 19 heavy (non-hydrogen) atoms. The van der Waals surface area contributed by atoms with Crippen LogP contribution in [0.25, 0.3) is 10.1 Å². The second kappa shape index (κ2) is 6.04. The van der Waals surface area contributed by atoms with Crippen LogP contribution in [0, 0.1) is 0 Å². The number of hydrogen-bond acceptors (Lipinski definition) is 3. The standard InChI is InChI=1S/C16H22N2S/c1-13(17-8-11-18-9-4-5-10-18)16-12-14-6-2-3-7-15(14)19-16/h2-3,6-7,12-13,17H,4-5,8-11H2,1H3. The van der Waals surface area contributed by atoms with Crippen LogP contribution in [0.2, 0.25) is 0 Å². The normalized spacial score (nSPS) is 18.2. The van der Waals surface area contributed by atoms with Crippen molar-refractivity contribution < 1.29 is 0 Å². The minimum absolute atomic E-state index is 0.458. The first-order valence-electron chi connectivity index (χ1n) is 7.27. The van der Waals surface area contributed by atoms with Gasteiger partial charge in [-0.25, -0.2) is 0 Å². The Hall–Kier alpha value is -0.900. The maximum atomic E-state index is 3.66. The molecule has 1 saturated heterocycles. The number of nitrogens with zero attached hydrogens (tertiary/aromatic N) is 1. The van der Waals surface area contributed by atoms with Gasteiger partial charge in [-0.15, -0.1) is 11.3 Å². The van der Waals surface area contributed by atoms with Gasteiger partial charge in [-0.05, 0) is 50.4 Å². The maximum Gasteiger partial charge on any atom is 0.0386 e. The van der Waals surface area contributed by atoms with Crippen molar-refractivity contribution in [3.63, 3.8) is 0 Å². The summed E-state index contributed by atoms with van der Waals surface area (Å²) in [6, 6.07) is 11.4. The molecule has 2 heterocycles. The van der Waals surface area contributed by atoms with Gasteiger partial charge in [0.1, 0.15) is 0 Å². The molecule has 2 aromatic rings. The molecule has 0 spiro atoms. The Bertz CT molecular complexity index is 495. The summed E-state index contributed by atoms with van der Waals surface area (Å²) in [7, 11) is 0. The lowest BCUT2D eigenvalue weighted by Crippen LogP contribution is -2.31. The van der Waals surface area contributed by atoms with Crippen molar-refractivity contribution in [3.8, 4) is 0 Å². The van der Waals surface area contributed by atoms with Gasteiger partial charge in [-0.3, -0.25) is 0 Å². The molecule has 3 rings (SSSR count). The molecule has 1 N–H and O–H groups in total. The molecule has 0 bridgehead atoms. The number of hydrogen-bond donors (Lipinski definition) is 1. The van der Waals surface area contributed by atoms with Gasteiger partial charge in [0.25, 0.3) is 0 Å². The Balaban J connectivity index is 1.55. The third-order valence-corrected chi connectivity index (χ3v) is 5.25. The summed E-state index contributed by atoms with van der Waals surface area (Å²) in [5, 5.41) is 5.03. The van der Waals surface area contributed by atoms with Gasteiger partial charge in [0.15, 0.2) is 0 Å². The van der Waals surface area contributed by atoms with E-state index in [1.807, 2.05) is 11.3 Å². The average Bonchev–Trinajstić information content (AvgIpc) is 3.07. The molecule has 2 nitrogen and oxygen atoms in total. The van der Waals surface area contributed by atoms with Crippen molar-refractivity contribution >= 4 is 21.4 Å². The summed E-state index contributed by atoms with van der Waals surface area (Å²) in [5.41, 5.74) is 0. The molecule has 0 saturated carbocycles. The van der Waals surface area contributed by atoms with Crippen molar-refractivity contribution in [2.24, 2.45) is 0 Å². The first kappa shape index (κ1) is 13.1. The number of nitrogens with one attached hydrogen (secondary N) is 1. The molecule has 3 heteroatoms. The Morgan fingerprint density at radius 1 is 1.26 bits per heavy atom. The fourth-order valence-electron chi connectivity index (χ4n) is 2.76. The summed E-state index contributed by atoms with van der Waals surface area (Å²) in [5.74, 6) is 0. The molecule has 0 radical (unpaired) electrons. The molecule has 1 atom stereocenters. The second-order valence-electron chi connectivity index (χ2n) is 5.41. The summed E-state index contributed by atoms with van der Waals surface area (Å²) >= 11 is 1.91. The van der Waals surface area contributed by atoms with Crippen molar-refractivity contribution in [1.29, 1.82) is 0 Å². The molecule has 1 fully saturated rings. The van der Waals surface area contributed by atoms with Crippen LogP contribution in [0.5, 0.6) is 0 Å². The third kappa shape index (κ3) is 3.16. The van der Waals surface area contributed by atoms with Crippen molar-refractivity contribution in [2.45, 2.75) is 25.8 Å². The maximum absolute atomic E-state index is 3.66. The monoisotopic (exact) mass is 274 g/mol. The van der Waals surface area contributed by atoms with E-state index in [4.69, 9.17) is 0 Å². The molecule has 0 aliphatic carbocycles. The fraction of sp³-hybridized carbons (Fsp3) is 0.500. The van der Waals surface area contributed by atoms with E-state index in [1.165, 1.54) is 47.4 Å². The van der Waals surface area contributed by atoms with E-state index < -0.39 is 0 Å². The van der Waals surface area contributed by atoms with Gasteiger partial charge < -0.3 is 10.2 Å². The van der Waals surface area contributed by atoms with Gasteiger partial charge in [0, 0.05) is 28.7 Å². The highest BCUT2D eigenvalue weighted by atomic mass is 32.1. The molecule has 0 amide bonds. The van der Waals surface area contributed by atoms with Crippen LogP contribution in [0.15, 0.2) is 30.3 Å². The first-order chi connectivity index (χ1) is 9.33. The number of thiophene rings is 1. The van der Waals surface area contributed by atoms with Crippen molar-refractivity contribution in [1.82, 2.24) is 10.2 Å². The Labute approximate surface area is 119 Å². The van der Waals surface area contributed by atoms with Crippen molar-refractivity contribution in [3.05, 3.63) is 35.2 Å². The lowest BCUT2D eigenvalue weighted by atomic mass is 10.2. The highest BCUT2D eigenvalue weighted by Gasteiger charge is 2.12. The smallest absolute Gasteiger partial charge is 0.0386 e. The van der Waals surface area contributed by atoms with Crippen molar-refractivity contribution in [2.75, 3.05) is 26.2 Å². The number of benzene rings is 1. The van der Waals surface area contributed by atoms with E-state index in [1.54, 1.807) is 0 Å². The van der Waals surface area contributed by atoms with Crippen LogP contribution in [0.3, 0.4) is 0 Å². The lowest BCUT2D eigenvalue weighted by molar-refractivity contribution is 0.330. The Kier molecular flexibility index (Phi) is 4.16. The van der Waals surface area contributed by atoms with E-state index in [0.29, 0.717) is 6.04 Å². The third-order valence-electron chi connectivity index (χ3n) is 3.95. The molecule has 1 aromatic carbocycles. The largest absolute Gasteiger partial charge is 0.308 e. The summed E-state index contributed by atoms with van der Waals surface area (Å²) < 4.78 is 1.39. The number of fused-ring (bicyclic) bond motifs is 1. The molecule has 1 aromatic heterocycles. The van der Waals surface area contributed by atoms with Gasteiger partial charge >= 0.3 is 0 Å². The molecule has 102 valence electrons. The van der Waals surface area contributed by atoms with Crippen LogP contribution >= 0.6 is 11.3 Å². The summed E-state index contributed by atoms with van der Waals surface area (Å²) in [6.07, 6.45) is 2.76. The molecular weight excluding hydrogens is 252 g/mol. The zero-order valence-corrected chi connectivity index (χ0v) is 12.4. The van der Waals surface area contributed by atoms with Crippen LogP contribution < -0.4 is 5.32 Å². The van der Waals surface area contributed by atoms with Gasteiger partial charge in [0.2, 0.25) is 0 Å². The van der Waals surface area contributed by atoms with E-state index in [9.17, 15) is 0 Å². The van der Waals surface area contributed by atoms with E-state index >= 15 is 0 Å². The topological polar surface area (TPSA) is 15.3 Å². The average molecular weight is 274 g/mol. The van der Waals surface area contributed by atoms with Crippen LogP contribution in [0.1, 0.15) is 30.7 Å². The fourth-order valence-corrected chi connectivity index (χ4v) is 3.85. The zero-order chi connectivity index (χ0) is 13.1. The molecule has 1 aliphatic rings. The summed E-state index contributed by atoms with van der Waals surface area (Å²) in [6.45, 7) is 7.14. The number of rotatable bonds is 5. The minimum Gasteiger partial charge on any atom is -0.308 e. The van der Waals surface area contributed by atoms with E-state index in [2.05, 4.69) is 47.5 Å². The Morgan fingerprint density at radius 2 is 2.05 bits per heavy atom. The summed E-state index contributed by atoms with van der Waals surface area (Å²) in [4.78, 5) is 4.01. The van der Waals surface area contributed by atoms with Crippen LogP contribution in [-0.4, -0.2) is 31.1 Å². The second-order valence-corrected chi connectivity index (χ2v) is 6.53. The van der Waals surface area contributed by atoms with Gasteiger partial charge in [0.05, 0.1) is 0 Å².